The number of rotatable bonds is 5. The normalized spacial score (nSPS) is 14.6. The fourth-order valence-electron chi connectivity index (χ4n) is 2.42. The molecule has 2 rings (SSSR count). The van der Waals surface area contributed by atoms with E-state index in [1.807, 2.05) is 12.1 Å². The van der Waals surface area contributed by atoms with E-state index in [0.717, 1.165) is 12.2 Å². The van der Waals surface area contributed by atoms with Gasteiger partial charge in [0.1, 0.15) is 0 Å². The molecule has 0 unspecified atom stereocenters. The van der Waals surface area contributed by atoms with Gasteiger partial charge in [-0.1, -0.05) is 0 Å². The second-order valence-electron chi connectivity index (χ2n) is 4.90. The zero-order chi connectivity index (χ0) is 12.1. The molecule has 0 bridgehead atoms. The Morgan fingerprint density at radius 2 is 1.89 bits per heavy atom. The van der Waals surface area contributed by atoms with Crippen LogP contribution in [0.4, 0.5) is 11.4 Å². The highest BCUT2D eigenvalue weighted by atomic mass is 35.5. The molecular formula is C14H25Cl2N3. The third-order valence-electron chi connectivity index (χ3n) is 3.42. The summed E-state index contributed by atoms with van der Waals surface area (Å²) >= 11 is 0. The van der Waals surface area contributed by atoms with E-state index in [1.165, 1.54) is 50.1 Å². The van der Waals surface area contributed by atoms with Crippen molar-refractivity contribution in [3.63, 3.8) is 0 Å². The van der Waals surface area contributed by atoms with Gasteiger partial charge in [-0.2, -0.15) is 0 Å². The molecule has 0 atom stereocenters. The van der Waals surface area contributed by atoms with Crippen LogP contribution in [0.25, 0.3) is 0 Å². The number of nitrogens with two attached hydrogens (primary N) is 1. The number of nitrogens with one attached hydrogen (secondary N) is 1. The standard InChI is InChI=1S/C14H23N3.2ClH/c1-12-11-13(15)5-6-14(12)16-7-4-10-17-8-2-3-9-17;;/h5-6,11,16H,2-4,7-10,15H2,1H3;2*1H. The lowest BCUT2D eigenvalue weighted by Gasteiger charge is -2.15. The lowest BCUT2D eigenvalue weighted by atomic mass is 10.2. The molecule has 1 heterocycles. The Bertz CT molecular complexity index is 366. The summed E-state index contributed by atoms with van der Waals surface area (Å²) in [5.74, 6) is 0. The average molecular weight is 306 g/mol. The first kappa shape index (κ1) is 18.4. The van der Waals surface area contributed by atoms with Crippen LogP contribution in [0, 0.1) is 6.92 Å². The number of halogens is 2. The van der Waals surface area contributed by atoms with Gasteiger partial charge in [0.05, 0.1) is 0 Å². The van der Waals surface area contributed by atoms with Crippen molar-refractivity contribution in [1.82, 2.24) is 4.90 Å². The van der Waals surface area contributed by atoms with Crippen LogP contribution in [0.5, 0.6) is 0 Å². The Labute approximate surface area is 128 Å². The number of aryl methyl sites for hydroxylation is 1. The minimum Gasteiger partial charge on any atom is -0.399 e. The molecule has 1 aromatic carbocycles. The molecule has 0 amide bonds. The van der Waals surface area contributed by atoms with Gasteiger partial charge in [-0.25, -0.2) is 0 Å². The lowest BCUT2D eigenvalue weighted by Crippen LogP contribution is -2.22. The van der Waals surface area contributed by atoms with Crippen molar-refractivity contribution in [2.45, 2.75) is 26.2 Å². The Morgan fingerprint density at radius 1 is 1.21 bits per heavy atom. The minimum atomic E-state index is 0. The van der Waals surface area contributed by atoms with E-state index in [2.05, 4.69) is 23.2 Å². The molecule has 0 radical (unpaired) electrons. The predicted molar refractivity (Wildman–Crippen MR) is 88.9 cm³/mol. The van der Waals surface area contributed by atoms with Crippen molar-refractivity contribution >= 4 is 36.2 Å². The van der Waals surface area contributed by atoms with E-state index in [-0.39, 0.29) is 24.8 Å². The van der Waals surface area contributed by atoms with Gasteiger partial charge in [-0.15, -0.1) is 24.8 Å². The van der Waals surface area contributed by atoms with Crippen molar-refractivity contribution in [1.29, 1.82) is 0 Å². The summed E-state index contributed by atoms with van der Waals surface area (Å²) in [5.41, 5.74) is 9.01. The summed E-state index contributed by atoms with van der Waals surface area (Å²) in [6.45, 7) is 6.95. The number of nitrogens with zero attached hydrogens (tertiary/aromatic N) is 1. The summed E-state index contributed by atoms with van der Waals surface area (Å²) in [5, 5.41) is 3.48. The minimum absolute atomic E-state index is 0. The number of benzene rings is 1. The molecule has 0 aliphatic carbocycles. The maximum atomic E-state index is 5.73. The highest BCUT2D eigenvalue weighted by Gasteiger charge is 2.10. The number of nitrogen functional groups attached to an aromatic ring is 1. The molecular weight excluding hydrogens is 281 g/mol. The van der Waals surface area contributed by atoms with Crippen LogP contribution in [-0.2, 0) is 0 Å². The van der Waals surface area contributed by atoms with E-state index >= 15 is 0 Å². The van der Waals surface area contributed by atoms with E-state index in [1.54, 1.807) is 0 Å². The molecule has 1 aliphatic rings. The van der Waals surface area contributed by atoms with Gasteiger partial charge in [0.25, 0.3) is 0 Å². The van der Waals surface area contributed by atoms with Crippen molar-refractivity contribution in [2.24, 2.45) is 0 Å². The SMILES string of the molecule is Cc1cc(N)ccc1NCCCN1CCCC1.Cl.Cl. The fourth-order valence-corrected chi connectivity index (χ4v) is 2.42. The summed E-state index contributed by atoms with van der Waals surface area (Å²) in [7, 11) is 0. The smallest absolute Gasteiger partial charge is 0.0371 e. The molecule has 1 saturated heterocycles. The van der Waals surface area contributed by atoms with Crippen molar-refractivity contribution in [2.75, 3.05) is 37.2 Å². The van der Waals surface area contributed by atoms with Gasteiger partial charge in [0, 0.05) is 17.9 Å². The predicted octanol–water partition coefficient (Wildman–Crippen LogP) is 3.32. The van der Waals surface area contributed by atoms with Gasteiger partial charge in [0.15, 0.2) is 0 Å². The summed E-state index contributed by atoms with van der Waals surface area (Å²) in [4.78, 5) is 2.55. The largest absolute Gasteiger partial charge is 0.399 e. The van der Waals surface area contributed by atoms with Crippen LogP contribution < -0.4 is 11.1 Å². The van der Waals surface area contributed by atoms with E-state index in [9.17, 15) is 0 Å². The maximum Gasteiger partial charge on any atom is 0.0371 e. The number of likely N-dealkylation sites (tertiary alicyclic amines) is 1. The first-order valence-corrected chi connectivity index (χ1v) is 6.58. The van der Waals surface area contributed by atoms with Gasteiger partial charge >= 0.3 is 0 Å². The molecule has 0 spiro atoms. The first-order valence-electron chi connectivity index (χ1n) is 6.58. The topological polar surface area (TPSA) is 41.3 Å². The van der Waals surface area contributed by atoms with Crippen molar-refractivity contribution in [3.05, 3.63) is 23.8 Å². The van der Waals surface area contributed by atoms with Crippen molar-refractivity contribution < 1.29 is 0 Å². The number of hydrogen-bond donors (Lipinski definition) is 2. The van der Waals surface area contributed by atoms with Crippen LogP contribution in [0.1, 0.15) is 24.8 Å². The van der Waals surface area contributed by atoms with Crippen LogP contribution >= 0.6 is 24.8 Å². The van der Waals surface area contributed by atoms with Crippen LogP contribution in [0.2, 0.25) is 0 Å². The molecule has 3 N–H and O–H groups in total. The number of anilines is 2. The second-order valence-corrected chi connectivity index (χ2v) is 4.90. The average Bonchev–Trinajstić information content (AvgIpc) is 2.79. The molecule has 1 aromatic rings. The van der Waals surface area contributed by atoms with Gasteiger partial charge in [0.2, 0.25) is 0 Å². The highest BCUT2D eigenvalue weighted by Crippen LogP contribution is 2.17. The monoisotopic (exact) mass is 305 g/mol. The van der Waals surface area contributed by atoms with Crippen LogP contribution in [0.15, 0.2) is 18.2 Å². The Kier molecular flexibility index (Phi) is 8.98. The lowest BCUT2D eigenvalue weighted by molar-refractivity contribution is 0.337. The maximum absolute atomic E-state index is 5.73. The Balaban J connectivity index is 0.00000162. The molecule has 3 nitrogen and oxygen atoms in total. The zero-order valence-electron chi connectivity index (χ0n) is 11.5. The Hall–Kier alpha value is -0.640. The summed E-state index contributed by atoms with van der Waals surface area (Å²) in [6.07, 6.45) is 3.97. The Morgan fingerprint density at radius 3 is 2.53 bits per heavy atom. The quantitative estimate of drug-likeness (QED) is 0.648. The summed E-state index contributed by atoms with van der Waals surface area (Å²) in [6, 6.07) is 6.04. The highest BCUT2D eigenvalue weighted by molar-refractivity contribution is 5.85. The first-order chi connectivity index (χ1) is 8.25. The molecule has 5 heteroatoms. The second kappa shape index (κ2) is 9.29. The molecule has 19 heavy (non-hydrogen) atoms. The number of hydrogen-bond acceptors (Lipinski definition) is 3. The van der Waals surface area contributed by atoms with Crippen molar-refractivity contribution in [3.8, 4) is 0 Å². The summed E-state index contributed by atoms with van der Waals surface area (Å²) < 4.78 is 0. The van der Waals surface area contributed by atoms with Crippen LogP contribution in [-0.4, -0.2) is 31.1 Å². The third kappa shape index (κ3) is 5.89. The van der Waals surface area contributed by atoms with E-state index < -0.39 is 0 Å². The zero-order valence-corrected chi connectivity index (χ0v) is 13.2. The molecule has 110 valence electrons. The van der Waals surface area contributed by atoms with Gasteiger partial charge in [-0.3, -0.25) is 0 Å². The van der Waals surface area contributed by atoms with Crippen LogP contribution in [0.3, 0.4) is 0 Å². The van der Waals surface area contributed by atoms with E-state index in [0.29, 0.717) is 0 Å². The third-order valence-corrected chi connectivity index (χ3v) is 3.42. The molecule has 0 saturated carbocycles. The van der Waals surface area contributed by atoms with E-state index in [4.69, 9.17) is 5.73 Å². The molecule has 1 fully saturated rings. The molecule has 0 aromatic heterocycles. The fraction of sp³-hybridized carbons (Fsp3) is 0.571. The van der Waals surface area contributed by atoms with Gasteiger partial charge in [-0.05, 0) is 69.6 Å². The van der Waals surface area contributed by atoms with Gasteiger partial charge < -0.3 is 16.0 Å². The molecule has 1 aliphatic heterocycles.